The van der Waals surface area contributed by atoms with Gasteiger partial charge in [-0.05, 0) is 43.4 Å². The molecule has 4 heterocycles. The standard InChI is InChI=1S/C20H14ClN7S/c1-11-16(8-7-15-9-23-27-25-15)29-20-18(11)19(13-3-5-14(21)6-4-13)22-10-17-26-24-12(2)28(17)20/h3-6,9H,10H2,1-2H3,(H,23,25,27). The van der Waals surface area contributed by atoms with Gasteiger partial charge in [0.15, 0.2) is 11.5 Å². The van der Waals surface area contributed by atoms with E-state index in [1.54, 1.807) is 17.5 Å². The van der Waals surface area contributed by atoms with Crippen LogP contribution in [0.15, 0.2) is 35.5 Å². The Labute approximate surface area is 175 Å². The van der Waals surface area contributed by atoms with Crippen LogP contribution in [0.1, 0.15) is 38.9 Å². The molecule has 0 aliphatic carbocycles. The monoisotopic (exact) mass is 419 g/mol. The average Bonchev–Trinajstić information content (AvgIpc) is 3.40. The smallest absolute Gasteiger partial charge is 0.160 e. The van der Waals surface area contributed by atoms with Crippen molar-refractivity contribution in [1.29, 1.82) is 0 Å². The van der Waals surface area contributed by atoms with Gasteiger partial charge in [0.05, 0.1) is 16.8 Å². The maximum absolute atomic E-state index is 6.09. The fourth-order valence-corrected chi connectivity index (χ4v) is 4.64. The van der Waals surface area contributed by atoms with E-state index in [4.69, 9.17) is 16.6 Å². The SMILES string of the molecule is Cc1c(C#Cc2c[nH]nn2)sc2c1C(c1ccc(Cl)cc1)=NCc1nnc(C)n1-2. The topological polar surface area (TPSA) is 84.6 Å². The Morgan fingerprint density at radius 2 is 1.93 bits per heavy atom. The quantitative estimate of drug-likeness (QED) is 0.479. The Kier molecular flexibility index (Phi) is 4.27. The number of H-pyrrole nitrogens is 1. The van der Waals surface area contributed by atoms with Gasteiger partial charge in [0.2, 0.25) is 0 Å². The lowest BCUT2D eigenvalue weighted by Crippen LogP contribution is -2.07. The number of aliphatic imine (C=N–C) groups is 1. The van der Waals surface area contributed by atoms with E-state index in [-0.39, 0.29) is 0 Å². The fourth-order valence-electron chi connectivity index (χ4n) is 3.28. The van der Waals surface area contributed by atoms with E-state index in [0.717, 1.165) is 43.9 Å². The normalized spacial score (nSPS) is 12.4. The first-order valence-corrected chi connectivity index (χ1v) is 10.0. The van der Waals surface area contributed by atoms with Gasteiger partial charge in [-0.15, -0.1) is 26.6 Å². The van der Waals surface area contributed by atoms with Gasteiger partial charge in [0, 0.05) is 16.1 Å². The molecule has 0 radical (unpaired) electrons. The third kappa shape index (κ3) is 3.05. The van der Waals surface area contributed by atoms with Crippen molar-refractivity contribution in [3.63, 3.8) is 0 Å². The molecule has 142 valence electrons. The van der Waals surface area contributed by atoms with Crippen LogP contribution in [-0.4, -0.2) is 35.9 Å². The summed E-state index contributed by atoms with van der Waals surface area (Å²) < 4.78 is 2.07. The molecule has 4 aromatic rings. The van der Waals surface area contributed by atoms with E-state index >= 15 is 0 Å². The number of halogens is 1. The highest BCUT2D eigenvalue weighted by Gasteiger charge is 2.27. The largest absolute Gasteiger partial charge is 0.276 e. The van der Waals surface area contributed by atoms with Crippen LogP contribution in [0, 0.1) is 25.7 Å². The molecular formula is C20H14ClN7S. The Hall–Kier alpha value is -3.28. The molecule has 0 saturated carbocycles. The zero-order chi connectivity index (χ0) is 20.0. The second-order valence-corrected chi connectivity index (χ2v) is 7.95. The molecular weight excluding hydrogens is 406 g/mol. The number of hydrogen-bond acceptors (Lipinski definition) is 6. The van der Waals surface area contributed by atoms with Crippen molar-refractivity contribution >= 4 is 28.6 Å². The second kappa shape index (κ2) is 6.95. The number of nitrogens with zero attached hydrogens (tertiary/aromatic N) is 6. The molecule has 0 spiro atoms. The van der Waals surface area contributed by atoms with Crippen LogP contribution in [0.2, 0.25) is 5.02 Å². The van der Waals surface area contributed by atoms with Crippen molar-refractivity contribution < 1.29 is 0 Å². The third-order valence-electron chi connectivity index (χ3n) is 4.68. The molecule has 0 saturated heterocycles. The summed E-state index contributed by atoms with van der Waals surface area (Å²) in [4.78, 5) is 5.83. The number of aryl methyl sites for hydroxylation is 1. The Balaban J connectivity index is 1.73. The average molecular weight is 420 g/mol. The van der Waals surface area contributed by atoms with Crippen LogP contribution in [0.25, 0.3) is 5.00 Å². The lowest BCUT2D eigenvalue weighted by molar-refractivity contribution is 0.869. The Morgan fingerprint density at radius 1 is 1.10 bits per heavy atom. The van der Waals surface area contributed by atoms with Gasteiger partial charge in [-0.1, -0.05) is 28.9 Å². The number of fused-ring (bicyclic) bond motifs is 3. The highest BCUT2D eigenvalue weighted by Crippen LogP contribution is 2.36. The van der Waals surface area contributed by atoms with Gasteiger partial charge < -0.3 is 0 Å². The van der Waals surface area contributed by atoms with Crippen molar-refractivity contribution in [3.05, 3.63) is 74.4 Å². The predicted octanol–water partition coefficient (Wildman–Crippen LogP) is 3.47. The van der Waals surface area contributed by atoms with Gasteiger partial charge in [-0.3, -0.25) is 14.7 Å². The maximum Gasteiger partial charge on any atom is 0.160 e. The molecule has 0 bridgehead atoms. The van der Waals surface area contributed by atoms with E-state index in [1.165, 1.54) is 0 Å². The first-order valence-electron chi connectivity index (χ1n) is 8.85. The minimum Gasteiger partial charge on any atom is -0.276 e. The van der Waals surface area contributed by atoms with Gasteiger partial charge in [0.1, 0.15) is 17.4 Å². The van der Waals surface area contributed by atoms with Crippen molar-refractivity contribution in [2.75, 3.05) is 0 Å². The number of aromatic amines is 1. The number of hydrogen-bond donors (Lipinski definition) is 1. The highest BCUT2D eigenvalue weighted by atomic mass is 35.5. The summed E-state index contributed by atoms with van der Waals surface area (Å²) in [5, 5.41) is 20.6. The van der Waals surface area contributed by atoms with Crippen LogP contribution < -0.4 is 0 Å². The number of nitrogens with one attached hydrogen (secondary N) is 1. The predicted molar refractivity (Wildman–Crippen MR) is 112 cm³/mol. The van der Waals surface area contributed by atoms with E-state index in [0.29, 0.717) is 17.3 Å². The minimum absolute atomic E-state index is 0.458. The Morgan fingerprint density at radius 3 is 2.69 bits per heavy atom. The molecule has 0 fully saturated rings. The van der Waals surface area contributed by atoms with E-state index < -0.39 is 0 Å². The Bertz CT molecular complexity index is 1300. The summed E-state index contributed by atoms with van der Waals surface area (Å²) in [6.07, 6.45) is 1.67. The summed E-state index contributed by atoms with van der Waals surface area (Å²) in [5.41, 5.74) is 4.62. The van der Waals surface area contributed by atoms with Crippen molar-refractivity contribution in [2.24, 2.45) is 4.99 Å². The summed E-state index contributed by atoms with van der Waals surface area (Å²) in [7, 11) is 0. The molecule has 0 amide bonds. The summed E-state index contributed by atoms with van der Waals surface area (Å²) in [5.74, 6) is 7.93. The summed E-state index contributed by atoms with van der Waals surface area (Å²) in [6, 6.07) is 7.73. The van der Waals surface area contributed by atoms with Crippen molar-refractivity contribution in [2.45, 2.75) is 20.4 Å². The molecule has 1 aromatic carbocycles. The highest BCUT2D eigenvalue weighted by molar-refractivity contribution is 7.15. The molecule has 3 aromatic heterocycles. The fraction of sp³-hybridized carbons (Fsp3) is 0.150. The lowest BCUT2D eigenvalue weighted by atomic mass is 10.00. The third-order valence-corrected chi connectivity index (χ3v) is 6.12. The van der Waals surface area contributed by atoms with Gasteiger partial charge >= 0.3 is 0 Å². The molecule has 29 heavy (non-hydrogen) atoms. The lowest BCUT2D eigenvalue weighted by Gasteiger charge is -2.09. The van der Waals surface area contributed by atoms with Crippen LogP contribution in [-0.2, 0) is 6.54 Å². The zero-order valence-electron chi connectivity index (χ0n) is 15.6. The van der Waals surface area contributed by atoms with E-state index in [1.807, 2.05) is 31.2 Å². The van der Waals surface area contributed by atoms with Crippen LogP contribution in [0.5, 0.6) is 0 Å². The molecule has 7 nitrogen and oxygen atoms in total. The molecule has 1 N–H and O–H groups in total. The van der Waals surface area contributed by atoms with Crippen molar-refractivity contribution in [1.82, 2.24) is 30.2 Å². The minimum atomic E-state index is 0.458. The number of aromatic nitrogens is 6. The van der Waals surface area contributed by atoms with Crippen LogP contribution in [0.3, 0.4) is 0 Å². The second-order valence-electron chi connectivity index (χ2n) is 6.52. The molecule has 0 unspecified atom stereocenters. The zero-order valence-corrected chi connectivity index (χ0v) is 17.1. The molecule has 5 rings (SSSR count). The van der Waals surface area contributed by atoms with Gasteiger partial charge in [-0.2, -0.15) is 0 Å². The molecule has 1 aliphatic heterocycles. The number of benzene rings is 1. The van der Waals surface area contributed by atoms with Gasteiger partial charge in [0.25, 0.3) is 0 Å². The first-order chi connectivity index (χ1) is 14.1. The van der Waals surface area contributed by atoms with Crippen LogP contribution in [0.4, 0.5) is 0 Å². The number of thiophene rings is 1. The van der Waals surface area contributed by atoms with E-state index in [2.05, 4.69) is 48.9 Å². The maximum atomic E-state index is 6.09. The van der Waals surface area contributed by atoms with Crippen LogP contribution >= 0.6 is 22.9 Å². The summed E-state index contributed by atoms with van der Waals surface area (Å²) >= 11 is 7.70. The number of rotatable bonds is 1. The summed E-state index contributed by atoms with van der Waals surface area (Å²) in [6.45, 7) is 4.47. The first kappa shape index (κ1) is 17.8. The van der Waals surface area contributed by atoms with E-state index in [9.17, 15) is 0 Å². The van der Waals surface area contributed by atoms with Crippen molar-refractivity contribution in [3.8, 4) is 16.8 Å². The molecule has 0 atom stereocenters. The molecule has 1 aliphatic rings. The van der Waals surface area contributed by atoms with Gasteiger partial charge in [-0.25, -0.2) is 0 Å². The molecule has 9 heteroatoms.